The summed E-state index contributed by atoms with van der Waals surface area (Å²) < 4.78 is 9.24. The summed E-state index contributed by atoms with van der Waals surface area (Å²) in [5, 5.41) is 9.03. The second kappa shape index (κ2) is 6.13. The molecule has 0 bridgehead atoms. The normalized spacial score (nSPS) is 13.5. The van der Waals surface area contributed by atoms with Crippen LogP contribution in [-0.2, 0) is 25.7 Å². The van der Waals surface area contributed by atoms with Crippen molar-refractivity contribution in [2.75, 3.05) is 13.7 Å². The van der Waals surface area contributed by atoms with Crippen LogP contribution >= 0.6 is 0 Å². The highest BCUT2D eigenvalue weighted by molar-refractivity contribution is 6.04. The summed E-state index contributed by atoms with van der Waals surface area (Å²) in [5.41, 5.74) is 4.03. The van der Waals surface area contributed by atoms with Crippen molar-refractivity contribution in [2.45, 2.75) is 12.1 Å². The summed E-state index contributed by atoms with van der Waals surface area (Å²) in [4.78, 5) is 23.0. The average Bonchev–Trinajstić information content (AvgIpc) is 2.43. The number of hydrogen-bond donors (Lipinski definition) is 2. The van der Waals surface area contributed by atoms with Gasteiger partial charge in [0.2, 0.25) is 5.54 Å². The van der Waals surface area contributed by atoms with E-state index in [9.17, 15) is 9.59 Å². The maximum atomic E-state index is 11.7. The van der Waals surface area contributed by atoms with Crippen molar-refractivity contribution in [2.24, 2.45) is 5.73 Å². The molecule has 6 nitrogen and oxygen atoms in total. The molecule has 0 fully saturated rings. The van der Waals surface area contributed by atoms with E-state index in [2.05, 4.69) is 4.74 Å². The first-order valence-electron chi connectivity index (χ1n) is 5.24. The smallest absolute Gasteiger partial charge is 0.340 e. The summed E-state index contributed by atoms with van der Waals surface area (Å²) in [6.07, 6.45) is 0. The molecule has 0 heterocycles. The van der Waals surface area contributed by atoms with Crippen LogP contribution in [0.1, 0.15) is 5.56 Å². The standard InChI is InChI=1S/C12H15NO5/c1-17-10(15)12(13,8-14)11(16)18-7-9-5-3-2-4-6-9/h2-6,14H,7-8,13H2,1H3/t12-/m0/s1. The summed E-state index contributed by atoms with van der Waals surface area (Å²) in [7, 11) is 1.07. The highest BCUT2D eigenvalue weighted by Gasteiger charge is 2.44. The molecule has 98 valence electrons. The molecule has 0 aromatic heterocycles. The first kappa shape index (κ1) is 14.1. The Morgan fingerprint density at radius 3 is 2.39 bits per heavy atom. The fourth-order valence-corrected chi connectivity index (χ4v) is 1.25. The summed E-state index contributed by atoms with van der Waals surface area (Å²) >= 11 is 0. The van der Waals surface area contributed by atoms with Gasteiger partial charge >= 0.3 is 11.9 Å². The van der Waals surface area contributed by atoms with Gasteiger partial charge in [0.15, 0.2) is 0 Å². The van der Waals surface area contributed by atoms with Gasteiger partial charge in [-0.2, -0.15) is 0 Å². The van der Waals surface area contributed by atoms with Crippen molar-refractivity contribution in [3.63, 3.8) is 0 Å². The van der Waals surface area contributed by atoms with E-state index in [1.165, 1.54) is 0 Å². The van der Waals surface area contributed by atoms with Crippen LogP contribution in [0.5, 0.6) is 0 Å². The van der Waals surface area contributed by atoms with Gasteiger partial charge in [-0.05, 0) is 5.56 Å². The van der Waals surface area contributed by atoms with Gasteiger partial charge in [0.1, 0.15) is 6.61 Å². The monoisotopic (exact) mass is 253 g/mol. The second-order valence-corrected chi connectivity index (χ2v) is 3.68. The van der Waals surface area contributed by atoms with Crippen molar-refractivity contribution in [1.29, 1.82) is 0 Å². The maximum absolute atomic E-state index is 11.7. The number of benzene rings is 1. The van der Waals surface area contributed by atoms with Crippen molar-refractivity contribution < 1.29 is 24.2 Å². The minimum Gasteiger partial charge on any atom is -0.467 e. The first-order valence-corrected chi connectivity index (χ1v) is 5.24. The Hall–Kier alpha value is -1.92. The third kappa shape index (κ3) is 3.06. The van der Waals surface area contributed by atoms with E-state index >= 15 is 0 Å². The van der Waals surface area contributed by atoms with E-state index in [0.29, 0.717) is 0 Å². The predicted molar refractivity (Wildman–Crippen MR) is 62.3 cm³/mol. The molecule has 1 aromatic carbocycles. The van der Waals surface area contributed by atoms with Crippen molar-refractivity contribution in [1.82, 2.24) is 0 Å². The number of methoxy groups -OCH3 is 1. The average molecular weight is 253 g/mol. The lowest BCUT2D eigenvalue weighted by Crippen LogP contribution is -2.59. The van der Waals surface area contributed by atoms with Crippen LogP contribution in [0.4, 0.5) is 0 Å². The summed E-state index contributed by atoms with van der Waals surface area (Å²) in [6.45, 7) is -0.914. The maximum Gasteiger partial charge on any atom is 0.340 e. The first-order chi connectivity index (χ1) is 8.54. The van der Waals surface area contributed by atoms with Crippen LogP contribution in [-0.4, -0.2) is 36.3 Å². The number of aliphatic hydroxyl groups excluding tert-OH is 1. The van der Waals surface area contributed by atoms with Crippen molar-refractivity contribution in [3.8, 4) is 0 Å². The minimum atomic E-state index is -2.18. The van der Waals surface area contributed by atoms with Gasteiger partial charge < -0.3 is 20.3 Å². The molecule has 0 unspecified atom stereocenters. The molecular formula is C12H15NO5. The zero-order valence-electron chi connectivity index (χ0n) is 9.96. The Morgan fingerprint density at radius 1 is 1.28 bits per heavy atom. The van der Waals surface area contributed by atoms with Crippen LogP contribution in [0.3, 0.4) is 0 Å². The topological polar surface area (TPSA) is 98.9 Å². The van der Waals surface area contributed by atoms with Crippen molar-refractivity contribution >= 4 is 11.9 Å². The Labute approximate surface area is 104 Å². The Kier molecular flexibility index (Phi) is 4.82. The fraction of sp³-hybridized carbons (Fsp3) is 0.333. The fourth-order valence-electron chi connectivity index (χ4n) is 1.25. The van der Waals surface area contributed by atoms with E-state index in [1.54, 1.807) is 24.3 Å². The third-order valence-electron chi connectivity index (χ3n) is 2.38. The van der Waals surface area contributed by atoms with Gasteiger partial charge in [-0.25, -0.2) is 9.59 Å². The van der Waals surface area contributed by atoms with Crippen LogP contribution < -0.4 is 5.73 Å². The zero-order chi connectivity index (χ0) is 13.6. The lowest BCUT2D eigenvalue weighted by molar-refractivity contribution is -0.165. The molecule has 0 saturated carbocycles. The van der Waals surface area contributed by atoms with Crippen LogP contribution in [0.2, 0.25) is 0 Å². The highest BCUT2D eigenvalue weighted by atomic mass is 16.6. The van der Waals surface area contributed by atoms with E-state index < -0.39 is 24.1 Å². The number of carbonyl (C=O) groups is 2. The molecule has 18 heavy (non-hydrogen) atoms. The number of aliphatic hydroxyl groups is 1. The number of hydrogen-bond acceptors (Lipinski definition) is 6. The largest absolute Gasteiger partial charge is 0.467 e. The lowest BCUT2D eigenvalue weighted by Gasteiger charge is -2.21. The van der Waals surface area contributed by atoms with E-state index in [4.69, 9.17) is 15.6 Å². The third-order valence-corrected chi connectivity index (χ3v) is 2.38. The number of ether oxygens (including phenoxy) is 2. The van der Waals surface area contributed by atoms with E-state index in [1.807, 2.05) is 6.07 Å². The van der Waals surface area contributed by atoms with Crippen LogP contribution in [0.25, 0.3) is 0 Å². The zero-order valence-corrected chi connectivity index (χ0v) is 9.96. The SMILES string of the molecule is COC(=O)[C@@](N)(CO)C(=O)OCc1ccccc1. The highest BCUT2D eigenvalue weighted by Crippen LogP contribution is 2.08. The summed E-state index contributed by atoms with van der Waals surface area (Å²) in [5.74, 6) is -2.07. The molecule has 1 aromatic rings. The molecule has 6 heteroatoms. The Balaban J connectivity index is 2.67. The van der Waals surface area contributed by atoms with Crippen LogP contribution in [0.15, 0.2) is 30.3 Å². The molecule has 0 aliphatic rings. The van der Waals surface area contributed by atoms with E-state index in [-0.39, 0.29) is 6.61 Å². The molecule has 0 radical (unpaired) electrons. The number of carbonyl (C=O) groups excluding carboxylic acids is 2. The van der Waals surface area contributed by atoms with Gasteiger partial charge in [0.25, 0.3) is 0 Å². The van der Waals surface area contributed by atoms with Gasteiger partial charge in [0, 0.05) is 0 Å². The number of nitrogens with two attached hydrogens (primary N) is 1. The molecule has 0 aliphatic carbocycles. The Morgan fingerprint density at radius 2 is 1.89 bits per heavy atom. The number of rotatable bonds is 5. The predicted octanol–water partition coefficient (Wildman–Crippen LogP) is -0.407. The van der Waals surface area contributed by atoms with E-state index in [0.717, 1.165) is 12.7 Å². The van der Waals surface area contributed by atoms with Crippen LogP contribution in [0, 0.1) is 0 Å². The van der Waals surface area contributed by atoms with Crippen molar-refractivity contribution in [3.05, 3.63) is 35.9 Å². The summed E-state index contributed by atoms with van der Waals surface area (Å²) in [6, 6.07) is 8.89. The minimum absolute atomic E-state index is 0.0321. The molecule has 0 aliphatic heterocycles. The Bertz CT molecular complexity index is 420. The van der Waals surface area contributed by atoms with Gasteiger partial charge in [-0.3, -0.25) is 0 Å². The number of esters is 2. The molecule has 3 N–H and O–H groups in total. The molecule has 1 atom stereocenters. The molecule has 1 rings (SSSR count). The lowest BCUT2D eigenvalue weighted by atomic mass is 10.0. The molecule has 0 saturated heterocycles. The second-order valence-electron chi connectivity index (χ2n) is 3.68. The van der Waals surface area contributed by atoms with Gasteiger partial charge in [-0.1, -0.05) is 30.3 Å². The molecule has 0 spiro atoms. The quantitative estimate of drug-likeness (QED) is 0.547. The van der Waals surface area contributed by atoms with Gasteiger partial charge in [0.05, 0.1) is 13.7 Å². The molecule has 0 amide bonds. The van der Waals surface area contributed by atoms with Gasteiger partial charge in [-0.15, -0.1) is 0 Å². The molecular weight excluding hydrogens is 238 g/mol.